The van der Waals surface area contributed by atoms with Gasteiger partial charge in [0.05, 0.1) is 0 Å². The van der Waals surface area contributed by atoms with Gasteiger partial charge in [0.15, 0.2) is 0 Å². The number of halogens is 1. The molecule has 0 spiro atoms. The van der Waals surface area contributed by atoms with E-state index in [1.807, 2.05) is 16.8 Å². The fourth-order valence-corrected chi connectivity index (χ4v) is 3.99. The molecule has 2 aliphatic heterocycles. The molecule has 0 aromatic carbocycles. The number of rotatable bonds is 3. The van der Waals surface area contributed by atoms with E-state index in [0.717, 1.165) is 23.1 Å². The van der Waals surface area contributed by atoms with Crippen molar-refractivity contribution in [2.24, 2.45) is 0 Å². The molecule has 0 bridgehead atoms. The second-order valence-corrected chi connectivity index (χ2v) is 7.07. The van der Waals surface area contributed by atoms with E-state index in [9.17, 15) is 4.79 Å². The van der Waals surface area contributed by atoms with Crippen LogP contribution in [0.4, 0.5) is 0 Å². The molecule has 3 rings (SSSR count). The lowest BCUT2D eigenvalue weighted by atomic mass is 10.1. The lowest BCUT2D eigenvalue weighted by Gasteiger charge is -2.22. The van der Waals surface area contributed by atoms with Crippen LogP contribution in [-0.4, -0.2) is 40.5 Å². The molecule has 1 amide bonds. The molecule has 1 aromatic rings. The summed E-state index contributed by atoms with van der Waals surface area (Å²) in [6.45, 7) is 6.52. The average Bonchev–Trinajstić information content (AvgIpc) is 3.05. The van der Waals surface area contributed by atoms with Crippen molar-refractivity contribution in [1.82, 2.24) is 14.8 Å². The van der Waals surface area contributed by atoms with Crippen LogP contribution in [0.1, 0.15) is 49.6 Å². The maximum absolute atomic E-state index is 12.6. The predicted molar refractivity (Wildman–Crippen MR) is 83.0 cm³/mol. The molecule has 0 radical (unpaired) electrons. The molecule has 3 heterocycles. The topological polar surface area (TPSA) is 37.3 Å². The van der Waals surface area contributed by atoms with E-state index >= 15 is 0 Å². The summed E-state index contributed by atoms with van der Waals surface area (Å²) in [5.74, 6) is 0.0585. The number of hydrogen-bond acceptors (Lipinski definition) is 2. The molecule has 4 nitrogen and oxygen atoms in total. The molecule has 110 valence electrons. The fourth-order valence-electron chi connectivity index (χ4n) is 3.55. The lowest BCUT2D eigenvalue weighted by molar-refractivity contribution is 0.0918. The van der Waals surface area contributed by atoms with Gasteiger partial charge in [-0.2, -0.15) is 0 Å². The number of amides is 1. The summed E-state index contributed by atoms with van der Waals surface area (Å²) in [5, 5.41) is 3.25. The first-order valence-corrected chi connectivity index (χ1v) is 8.28. The molecule has 2 fully saturated rings. The van der Waals surface area contributed by atoms with Crippen molar-refractivity contribution in [3.05, 3.63) is 22.4 Å². The molecule has 2 atom stereocenters. The maximum Gasteiger partial charge on any atom is 0.268 e. The number of nitrogens with zero attached hydrogens (tertiary/aromatic N) is 2. The molecule has 5 heteroatoms. The number of carbonyl (C=O) groups excluding carboxylic acids is 1. The fraction of sp³-hybridized carbons (Fsp3) is 0.667. The molecule has 0 aliphatic carbocycles. The lowest BCUT2D eigenvalue weighted by Crippen LogP contribution is -2.43. The van der Waals surface area contributed by atoms with Crippen molar-refractivity contribution in [3.63, 3.8) is 0 Å². The van der Waals surface area contributed by atoms with Crippen LogP contribution >= 0.6 is 15.9 Å². The third kappa shape index (κ3) is 2.53. The summed E-state index contributed by atoms with van der Waals surface area (Å²) in [7, 11) is 0. The molecule has 1 aromatic heterocycles. The van der Waals surface area contributed by atoms with Crippen molar-refractivity contribution < 1.29 is 4.79 Å². The largest absolute Gasteiger partial charge is 0.346 e. The highest BCUT2D eigenvalue weighted by Crippen LogP contribution is 2.28. The first-order valence-electron chi connectivity index (χ1n) is 7.48. The van der Waals surface area contributed by atoms with Crippen LogP contribution in [0.2, 0.25) is 0 Å². The minimum absolute atomic E-state index is 0.0585. The van der Waals surface area contributed by atoms with Gasteiger partial charge < -0.3 is 9.88 Å². The van der Waals surface area contributed by atoms with Crippen molar-refractivity contribution in [2.75, 3.05) is 13.1 Å². The van der Waals surface area contributed by atoms with E-state index in [4.69, 9.17) is 0 Å². The van der Waals surface area contributed by atoms with Crippen LogP contribution in [0.3, 0.4) is 0 Å². The predicted octanol–water partition coefficient (Wildman–Crippen LogP) is 2.80. The van der Waals surface area contributed by atoms with Crippen LogP contribution in [0.15, 0.2) is 16.7 Å². The Balaban J connectivity index is 1.73. The van der Waals surface area contributed by atoms with Crippen LogP contribution in [0.25, 0.3) is 0 Å². The van der Waals surface area contributed by atoms with Gasteiger partial charge in [0.2, 0.25) is 0 Å². The SMILES string of the molecule is CC(C)n1cc(Br)cc1C(=O)NC1CCN2CCCC12. The van der Waals surface area contributed by atoms with E-state index in [1.165, 1.54) is 19.4 Å². The van der Waals surface area contributed by atoms with Gasteiger partial charge in [-0.1, -0.05) is 0 Å². The minimum Gasteiger partial charge on any atom is -0.346 e. The quantitative estimate of drug-likeness (QED) is 0.919. The normalized spacial score (nSPS) is 26.2. The third-order valence-corrected chi connectivity index (χ3v) is 4.96. The molecular weight excluding hydrogens is 318 g/mol. The zero-order chi connectivity index (χ0) is 14.3. The highest BCUT2D eigenvalue weighted by atomic mass is 79.9. The van der Waals surface area contributed by atoms with Gasteiger partial charge in [0, 0.05) is 35.3 Å². The Morgan fingerprint density at radius 2 is 2.20 bits per heavy atom. The molecule has 1 N–H and O–H groups in total. The molecule has 20 heavy (non-hydrogen) atoms. The van der Waals surface area contributed by atoms with E-state index < -0.39 is 0 Å². The summed E-state index contributed by atoms with van der Waals surface area (Å²) in [6.07, 6.45) is 5.56. The van der Waals surface area contributed by atoms with Crippen LogP contribution in [-0.2, 0) is 0 Å². The van der Waals surface area contributed by atoms with Crippen LogP contribution in [0, 0.1) is 0 Å². The number of hydrogen-bond donors (Lipinski definition) is 1. The summed E-state index contributed by atoms with van der Waals surface area (Å²) >= 11 is 3.47. The third-order valence-electron chi connectivity index (χ3n) is 4.53. The zero-order valence-electron chi connectivity index (χ0n) is 12.1. The number of fused-ring (bicyclic) bond motifs is 1. The molecular formula is C15H22BrN3O. The van der Waals surface area contributed by atoms with Crippen molar-refractivity contribution in [2.45, 2.75) is 51.2 Å². The summed E-state index contributed by atoms with van der Waals surface area (Å²) in [4.78, 5) is 15.1. The summed E-state index contributed by atoms with van der Waals surface area (Å²) in [6, 6.07) is 3.08. The highest BCUT2D eigenvalue weighted by Gasteiger charge is 2.38. The standard InChI is InChI=1S/C15H22BrN3O/c1-10(2)19-9-11(16)8-14(19)15(20)17-12-5-7-18-6-3-4-13(12)18/h8-10,12-13H,3-7H2,1-2H3,(H,17,20). The number of carbonyl (C=O) groups is 1. The van der Waals surface area contributed by atoms with Gasteiger partial charge >= 0.3 is 0 Å². The molecule has 2 saturated heterocycles. The average molecular weight is 340 g/mol. The minimum atomic E-state index is 0.0585. The molecule has 2 aliphatic rings. The van der Waals surface area contributed by atoms with E-state index in [-0.39, 0.29) is 11.9 Å². The van der Waals surface area contributed by atoms with Gasteiger partial charge in [0.25, 0.3) is 5.91 Å². The Morgan fingerprint density at radius 3 is 2.95 bits per heavy atom. The number of aromatic nitrogens is 1. The van der Waals surface area contributed by atoms with Crippen molar-refractivity contribution >= 4 is 21.8 Å². The second-order valence-electron chi connectivity index (χ2n) is 6.16. The Morgan fingerprint density at radius 1 is 1.40 bits per heavy atom. The van der Waals surface area contributed by atoms with Gasteiger partial charge in [-0.3, -0.25) is 9.69 Å². The number of nitrogens with one attached hydrogen (secondary N) is 1. The first-order chi connectivity index (χ1) is 9.56. The van der Waals surface area contributed by atoms with Crippen molar-refractivity contribution in [1.29, 1.82) is 0 Å². The monoisotopic (exact) mass is 339 g/mol. The summed E-state index contributed by atoms with van der Waals surface area (Å²) in [5.41, 5.74) is 0.753. The van der Waals surface area contributed by atoms with Gasteiger partial charge in [-0.05, 0) is 61.7 Å². The van der Waals surface area contributed by atoms with E-state index in [1.54, 1.807) is 0 Å². The Labute approximate surface area is 128 Å². The van der Waals surface area contributed by atoms with E-state index in [0.29, 0.717) is 12.1 Å². The van der Waals surface area contributed by atoms with Crippen LogP contribution < -0.4 is 5.32 Å². The Kier molecular flexibility index (Phi) is 3.91. The highest BCUT2D eigenvalue weighted by molar-refractivity contribution is 9.10. The van der Waals surface area contributed by atoms with Gasteiger partial charge in [-0.25, -0.2) is 0 Å². The van der Waals surface area contributed by atoms with E-state index in [2.05, 4.69) is 40.0 Å². The second kappa shape index (κ2) is 5.53. The Hall–Kier alpha value is -0.810. The Bertz CT molecular complexity index is 511. The maximum atomic E-state index is 12.6. The molecule has 2 unspecified atom stereocenters. The van der Waals surface area contributed by atoms with Gasteiger partial charge in [-0.15, -0.1) is 0 Å². The smallest absolute Gasteiger partial charge is 0.268 e. The van der Waals surface area contributed by atoms with Gasteiger partial charge in [0.1, 0.15) is 5.69 Å². The van der Waals surface area contributed by atoms with Crippen LogP contribution in [0.5, 0.6) is 0 Å². The molecule has 0 saturated carbocycles. The first kappa shape index (κ1) is 14.1. The summed E-state index contributed by atoms with van der Waals surface area (Å²) < 4.78 is 2.99. The zero-order valence-corrected chi connectivity index (χ0v) is 13.7. The van der Waals surface area contributed by atoms with Crippen molar-refractivity contribution in [3.8, 4) is 0 Å².